The molecule has 0 saturated carbocycles. The number of furan rings is 1. The minimum absolute atomic E-state index is 0.0201. The average molecular weight is 438 g/mol. The Balaban J connectivity index is 1.63. The van der Waals surface area contributed by atoms with Gasteiger partial charge in [0, 0.05) is 26.2 Å². The third-order valence-corrected chi connectivity index (χ3v) is 5.62. The van der Waals surface area contributed by atoms with Gasteiger partial charge in [0.2, 0.25) is 5.78 Å². The van der Waals surface area contributed by atoms with Crippen molar-refractivity contribution >= 4 is 11.7 Å². The van der Waals surface area contributed by atoms with E-state index in [0.717, 1.165) is 13.1 Å². The van der Waals surface area contributed by atoms with Crippen molar-refractivity contribution in [3.05, 3.63) is 78.0 Å². The lowest BCUT2D eigenvalue weighted by Crippen LogP contribution is -2.43. The van der Waals surface area contributed by atoms with Crippen molar-refractivity contribution in [1.29, 1.82) is 0 Å². The Morgan fingerprint density at radius 3 is 2.59 bits per heavy atom. The highest BCUT2D eigenvalue weighted by atomic mass is 16.5. The number of ketones is 1. The topological polar surface area (TPSA) is 92.5 Å². The molecule has 0 aliphatic carbocycles. The van der Waals surface area contributed by atoms with Crippen LogP contribution in [-0.2, 0) is 9.53 Å². The fourth-order valence-electron chi connectivity index (χ4n) is 3.98. The van der Waals surface area contributed by atoms with E-state index >= 15 is 0 Å². The van der Waals surface area contributed by atoms with Crippen LogP contribution in [0.1, 0.15) is 22.2 Å². The van der Waals surface area contributed by atoms with E-state index < -0.39 is 23.5 Å². The first-order valence-corrected chi connectivity index (χ1v) is 10.6. The van der Waals surface area contributed by atoms with Crippen molar-refractivity contribution < 1.29 is 28.6 Å². The van der Waals surface area contributed by atoms with Crippen molar-refractivity contribution in [2.75, 3.05) is 46.0 Å². The van der Waals surface area contributed by atoms with Crippen molar-refractivity contribution in [3.8, 4) is 5.75 Å². The van der Waals surface area contributed by atoms with E-state index in [9.17, 15) is 14.7 Å². The number of carbonyl (C=O) groups is 2. The summed E-state index contributed by atoms with van der Waals surface area (Å²) in [5.41, 5.74) is 0.719. The van der Waals surface area contributed by atoms with Crippen LogP contribution in [0.3, 0.4) is 0 Å². The second-order valence-electron chi connectivity index (χ2n) is 7.59. The van der Waals surface area contributed by atoms with Gasteiger partial charge in [-0.05, 0) is 29.8 Å². The standard InChI is InChI=1S/C24H26N2O6/c1-2-13-31-18-7-5-17(6-8-18)21-20(22(27)19-4-3-14-32-19)23(28)24(29)26(21)10-9-25-11-15-30-16-12-25/h2-8,14,21,28H,1,9-13,15-16H2. The molecule has 32 heavy (non-hydrogen) atoms. The third kappa shape index (κ3) is 4.46. The lowest BCUT2D eigenvalue weighted by Gasteiger charge is -2.31. The van der Waals surface area contributed by atoms with E-state index in [0.29, 0.717) is 44.2 Å². The molecule has 1 saturated heterocycles. The number of morpholine rings is 1. The van der Waals surface area contributed by atoms with E-state index in [1.54, 1.807) is 41.3 Å². The number of rotatable bonds is 9. The summed E-state index contributed by atoms with van der Waals surface area (Å²) < 4.78 is 16.2. The second-order valence-corrected chi connectivity index (χ2v) is 7.59. The molecule has 2 aromatic rings. The molecule has 1 atom stereocenters. The molecule has 4 rings (SSSR count). The van der Waals surface area contributed by atoms with E-state index in [2.05, 4.69) is 11.5 Å². The van der Waals surface area contributed by atoms with Crippen molar-refractivity contribution in [3.63, 3.8) is 0 Å². The van der Waals surface area contributed by atoms with Gasteiger partial charge in [-0.1, -0.05) is 24.8 Å². The maximum absolute atomic E-state index is 13.2. The molecule has 2 aliphatic heterocycles. The number of hydrogen-bond donors (Lipinski definition) is 1. The Morgan fingerprint density at radius 1 is 1.19 bits per heavy atom. The molecule has 0 spiro atoms. The number of aliphatic hydroxyl groups excluding tert-OH is 1. The van der Waals surface area contributed by atoms with Crippen LogP contribution in [0.15, 0.2) is 71.1 Å². The quantitative estimate of drug-likeness (QED) is 0.475. The highest BCUT2D eigenvalue weighted by Crippen LogP contribution is 2.39. The van der Waals surface area contributed by atoms with Crippen LogP contribution in [0, 0.1) is 0 Å². The number of carbonyl (C=O) groups excluding carboxylic acids is 2. The molecule has 1 aromatic heterocycles. The predicted molar refractivity (Wildman–Crippen MR) is 117 cm³/mol. The van der Waals surface area contributed by atoms with Gasteiger partial charge >= 0.3 is 0 Å². The number of amides is 1. The van der Waals surface area contributed by atoms with Gasteiger partial charge in [-0.2, -0.15) is 0 Å². The van der Waals surface area contributed by atoms with Crippen molar-refractivity contribution in [2.24, 2.45) is 0 Å². The minimum Gasteiger partial charge on any atom is -0.503 e. The Bertz CT molecular complexity index is 990. The van der Waals surface area contributed by atoms with Gasteiger partial charge in [0.25, 0.3) is 5.91 Å². The largest absolute Gasteiger partial charge is 0.503 e. The van der Waals surface area contributed by atoms with Crippen LogP contribution < -0.4 is 4.74 Å². The molecule has 1 aromatic carbocycles. The zero-order valence-electron chi connectivity index (χ0n) is 17.7. The first-order valence-electron chi connectivity index (χ1n) is 10.6. The average Bonchev–Trinajstić information content (AvgIpc) is 3.45. The summed E-state index contributed by atoms with van der Waals surface area (Å²) in [7, 11) is 0. The highest BCUT2D eigenvalue weighted by molar-refractivity contribution is 6.15. The lowest BCUT2D eigenvalue weighted by molar-refractivity contribution is -0.129. The van der Waals surface area contributed by atoms with Crippen LogP contribution in [0.4, 0.5) is 0 Å². The molecule has 1 unspecified atom stereocenters. The Labute approximate surface area is 186 Å². The van der Waals surface area contributed by atoms with Crippen molar-refractivity contribution in [1.82, 2.24) is 9.80 Å². The number of hydrogen-bond acceptors (Lipinski definition) is 7. The molecule has 1 N–H and O–H groups in total. The SMILES string of the molecule is C=CCOc1ccc(C2C(C(=O)c3ccco3)=C(O)C(=O)N2CCN2CCOCC2)cc1. The van der Waals surface area contributed by atoms with E-state index in [1.165, 1.54) is 12.3 Å². The molecule has 1 amide bonds. The molecule has 3 heterocycles. The first kappa shape index (κ1) is 21.9. The van der Waals surface area contributed by atoms with Crippen LogP contribution >= 0.6 is 0 Å². The number of benzene rings is 1. The highest BCUT2D eigenvalue weighted by Gasteiger charge is 2.44. The Morgan fingerprint density at radius 2 is 1.94 bits per heavy atom. The van der Waals surface area contributed by atoms with Gasteiger partial charge in [-0.25, -0.2) is 0 Å². The molecule has 168 valence electrons. The van der Waals surface area contributed by atoms with E-state index in [-0.39, 0.29) is 11.3 Å². The molecular formula is C24H26N2O6. The van der Waals surface area contributed by atoms with Crippen LogP contribution in [0.25, 0.3) is 0 Å². The van der Waals surface area contributed by atoms with Crippen LogP contribution in [-0.4, -0.2) is 72.6 Å². The summed E-state index contributed by atoms with van der Waals surface area (Å²) in [5.74, 6) is -0.891. The molecule has 2 aliphatic rings. The summed E-state index contributed by atoms with van der Waals surface area (Å²) in [6.07, 6.45) is 3.04. The fraction of sp³-hybridized carbons (Fsp3) is 0.333. The summed E-state index contributed by atoms with van der Waals surface area (Å²) in [4.78, 5) is 29.9. The maximum atomic E-state index is 13.2. The number of nitrogens with zero attached hydrogens (tertiary/aromatic N) is 2. The Kier molecular flexibility index (Phi) is 6.72. The van der Waals surface area contributed by atoms with Gasteiger partial charge in [0.1, 0.15) is 12.4 Å². The Hall–Kier alpha value is -3.36. The zero-order valence-corrected chi connectivity index (χ0v) is 17.7. The third-order valence-electron chi connectivity index (χ3n) is 5.62. The number of Topliss-reactive ketones (excluding diaryl/α,β-unsaturated/α-hetero) is 1. The van der Waals surface area contributed by atoms with E-state index in [4.69, 9.17) is 13.9 Å². The maximum Gasteiger partial charge on any atom is 0.290 e. The van der Waals surface area contributed by atoms with Crippen LogP contribution in [0.5, 0.6) is 5.75 Å². The van der Waals surface area contributed by atoms with Crippen molar-refractivity contribution in [2.45, 2.75) is 6.04 Å². The lowest BCUT2D eigenvalue weighted by atomic mass is 9.95. The normalized spacial score (nSPS) is 19.4. The zero-order chi connectivity index (χ0) is 22.5. The molecule has 0 radical (unpaired) electrons. The first-order chi connectivity index (χ1) is 15.6. The molecule has 1 fully saturated rings. The van der Waals surface area contributed by atoms with Gasteiger partial charge in [0.05, 0.1) is 31.1 Å². The number of ether oxygens (including phenoxy) is 2. The summed E-state index contributed by atoms with van der Waals surface area (Å²) in [6, 6.07) is 9.53. The molecular weight excluding hydrogens is 412 g/mol. The molecule has 0 bridgehead atoms. The summed E-state index contributed by atoms with van der Waals surface area (Å²) in [5, 5.41) is 10.7. The monoisotopic (exact) mass is 438 g/mol. The smallest absolute Gasteiger partial charge is 0.290 e. The summed E-state index contributed by atoms with van der Waals surface area (Å²) >= 11 is 0. The van der Waals surface area contributed by atoms with E-state index in [1.807, 2.05) is 0 Å². The van der Waals surface area contributed by atoms with Gasteiger partial charge in [-0.3, -0.25) is 14.5 Å². The summed E-state index contributed by atoms with van der Waals surface area (Å²) in [6.45, 7) is 7.83. The van der Waals surface area contributed by atoms with Crippen LogP contribution in [0.2, 0.25) is 0 Å². The van der Waals surface area contributed by atoms with Gasteiger partial charge < -0.3 is 23.9 Å². The predicted octanol–water partition coefficient (Wildman–Crippen LogP) is 2.75. The number of aliphatic hydroxyl groups is 1. The fourth-order valence-corrected chi connectivity index (χ4v) is 3.98. The van der Waals surface area contributed by atoms with Gasteiger partial charge in [0.15, 0.2) is 11.5 Å². The molecule has 8 heteroatoms. The minimum atomic E-state index is -0.727. The molecule has 8 nitrogen and oxygen atoms in total. The second kappa shape index (κ2) is 9.84. The van der Waals surface area contributed by atoms with Gasteiger partial charge in [-0.15, -0.1) is 0 Å².